The van der Waals surface area contributed by atoms with Crippen molar-refractivity contribution in [2.75, 3.05) is 6.54 Å². The third-order valence-corrected chi connectivity index (χ3v) is 4.75. The van der Waals surface area contributed by atoms with E-state index < -0.39 is 0 Å². The molecule has 1 aliphatic rings. The predicted octanol–water partition coefficient (Wildman–Crippen LogP) is 2.74. The molecule has 0 N–H and O–H groups in total. The average molecular weight is 319 g/mol. The van der Waals surface area contributed by atoms with Crippen molar-refractivity contribution in [2.45, 2.75) is 26.4 Å². The second kappa shape index (κ2) is 6.17. The Bertz CT molecular complexity index is 853. The van der Waals surface area contributed by atoms with Crippen LogP contribution in [0, 0.1) is 6.92 Å². The van der Waals surface area contributed by atoms with Crippen molar-refractivity contribution in [3.63, 3.8) is 0 Å². The van der Waals surface area contributed by atoms with E-state index in [2.05, 4.69) is 38.6 Å². The molecule has 5 heteroatoms. The second-order valence-electron chi connectivity index (χ2n) is 6.35. The fourth-order valence-electron chi connectivity index (χ4n) is 3.16. The predicted molar refractivity (Wildman–Crippen MR) is 93.2 cm³/mol. The first-order valence-corrected chi connectivity index (χ1v) is 8.30. The Labute approximate surface area is 142 Å². The molecule has 0 unspecified atom stereocenters. The Hall–Kier alpha value is -2.53. The van der Waals surface area contributed by atoms with Crippen molar-refractivity contribution >= 4 is 0 Å². The molecule has 0 saturated heterocycles. The van der Waals surface area contributed by atoms with E-state index in [1.54, 1.807) is 0 Å². The molecule has 0 atom stereocenters. The number of fused-ring (bicyclic) bond motifs is 1. The highest BCUT2D eigenvalue weighted by Gasteiger charge is 2.20. The number of hydrogen-bond donors (Lipinski definition) is 0. The zero-order chi connectivity index (χ0) is 16.5. The van der Waals surface area contributed by atoms with Crippen molar-refractivity contribution in [3.8, 4) is 11.4 Å². The number of imidazole rings is 1. The van der Waals surface area contributed by atoms with Gasteiger partial charge in [0.1, 0.15) is 5.82 Å². The van der Waals surface area contributed by atoms with Crippen LogP contribution < -0.4 is 0 Å². The first kappa shape index (κ1) is 15.0. The van der Waals surface area contributed by atoms with Gasteiger partial charge >= 0.3 is 0 Å². The second-order valence-corrected chi connectivity index (χ2v) is 6.35. The maximum Gasteiger partial charge on any atom is 0.159 e. The Morgan fingerprint density at radius 3 is 2.67 bits per heavy atom. The molecule has 0 radical (unpaired) electrons. The molecule has 0 bridgehead atoms. The summed E-state index contributed by atoms with van der Waals surface area (Å²) in [6, 6.07) is 10.2. The lowest BCUT2D eigenvalue weighted by Crippen LogP contribution is -2.31. The first-order chi connectivity index (χ1) is 11.7. The maximum atomic E-state index is 4.79. The molecule has 1 aromatic carbocycles. The number of rotatable bonds is 3. The number of aromatic nitrogens is 4. The molecule has 0 spiro atoms. The van der Waals surface area contributed by atoms with E-state index in [1.807, 2.05) is 37.5 Å². The van der Waals surface area contributed by atoms with Crippen LogP contribution in [0.2, 0.25) is 0 Å². The highest BCUT2D eigenvalue weighted by Crippen LogP contribution is 2.22. The van der Waals surface area contributed by atoms with E-state index in [1.165, 1.54) is 17.0 Å². The summed E-state index contributed by atoms with van der Waals surface area (Å²) in [5, 5.41) is 0. The van der Waals surface area contributed by atoms with Crippen LogP contribution in [0.4, 0.5) is 0 Å². The molecule has 0 saturated carbocycles. The third-order valence-electron chi connectivity index (χ3n) is 4.75. The van der Waals surface area contributed by atoms with E-state index in [9.17, 15) is 0 Å². The average Bonchev–Trinajstić information content (AvgIpc) is 2.94. The smallest absolute Gasteiger partial charge is 0.159 e. The van der Waals surface area contributed by atoms with Crippen LogP contribution in [-0.2, 0) is 26.6 Å². The van der Waals surface area contributed by atoms with Crippen LogP contribution in [0.1, 0.15) is 22.8 Å². The van der Waals surface area contributed by atoms with Crippen molar-refractivity contribution in [3.05, 3.63) is 65.5 Å². The van der Waals surface area contributed by atoms with Crippen molar-refractivity contribution in [2.24, 2.45) is 7.05 Å². The monoisotopic (exact) mass is 319 g/mol. The lowest BCUT2D eigenvalue weighted by Gasteiger charge is -2.28. The molecule has 2 aromatic heterocycles. The highest BCUT2D eigenvalue weighted by molar-refractivity contribution is 5.54. The number of benzene rings is 1. The van der Waals surface area contributed by atoms with Crippen LogP contribution in [0.15, 0.2) is 42.7 Å². The van der Waals surface area contributed by atoms with E-state index in [4.69, 9.17) is 4.98 Å². The van der Waals surface area contributed by atoms with Crippen molar-refractivity contribution in [1.29, 1.82) is 0 Å². The summed E-state index contributed by atoms with van der Waals surface area (Å²) in [6.07, 6.45) is 4.93. The summed E-state index contributed by atoms with van der Waals surface area (Å²) in [4.78, 5) is 16.2. The molecule has 122 valence electrons. The summed E-state index contributed by atoms with van der Waals surface area (Å²) in [6.45, 7) is 4.86. The summed E-state index contributed by atoms with van der Waals surface area (Å²) < 4.78 is 2.16. The molecule has 0 aliphatic carbocycles. The number of nitrogens with zero attached hydrogens (tertiary/aromatic N) is 5. The van der Waals surface area contributed by atoms with Crippen LogP contribution in [0.25, 0.3) is 11.4 Å². The standard InChI is InChI=1S/C19H21N5/c1-14-20-11-17(23(14)2)13-24-9-8-18-16(12-24)10-21-19(22-18)15-6-4-3-5-7-15/h3-7,10-11H,8-9,12-13H2,1-2H3. The van der Waals surface area contributed by atoms with Gasteiger partial charge in [0.05, 0.1) is 11.4 Å². The molecule has 4 rings (SSSR count). The van der Waals surface area contributed by atoms with E-state index in [0.717, 1.165) is 43.3 Å². The van der Waals surface area contributed by atoms with Gasteiger partial charge in [-0.15, -0.1) is 0 Å². The molecule has 5 nitrogen and oxygen atoms in total. The third kappa shape index (κ3) is 2.83. The van der Waals surface area contributed by atoms with Gasteiger partial charge in [0.2, 0.25) is 0 Å². The Balaban J connectivity index is 1.53. The fourth-order valence-corrected chi connectivity index (χ4v) is 3.16. The van der Waals surface area contributed by atoms with Gasteiger partial charge in [0, 0.05) is 56.6 Å². The van der Waals surface area contributed by atoms with Crippen molar-refractivity contribution in [1.82, 2.24) is 24.4 Å². The summed E-state index contributed by atoms with van der Waals surface area (Å²) in [5.41, 5.74) is 4.74. The minimum absolute atomic E-state index is 0.824. The minimum atomic E-state index is 0.824. The van der Waals surface area contributed by atoms with E-state index in [-0.39, 0.29) is 0 Å². The van der Waals surface area contributed by atoms with Gasteiger partial charge in [0.15, 0.2) is 5.82 Å². The van der Waals surface area contributed by atoms with Crippen molar-refractivity contribution < 1.29 is 0 Å². The quantitative estimate of drug-likeness (QED) is 0.745. The van der Waals surface area contributed by atoms with Gasteiger partial charge in [-0.1, -0.05) is 30.3 Å². The van der Waals surface area contributed by atoms with Gasteiger partial charge in [-0.05, 0) is 6.92 Å². The molecule has 24 heavy (non-hydrogen) atoms. The van der Waals surface area contributed by atoms with Gasteiger partial charge in [-0.3, -0.25) is 4.90 Å². The summed E-state index contributed by atoms with van der Waals surface area (Å²) in [5.74, 6) is 1.88. The van der Waals surface area contributed by atoms with Crippen LogP contribution >= 0.6 is 0 Å². The fraction of sp³-hybridized carbons (Fsp3) is 0.316. The number of aryl methyl sites for hydroxylation is 1. The van der Waals surface area contributed by atoms with Gasteiger partial charge < -0.3 is 4.57 Å². The molecule has 3 aromatic rings. The zero-order valence-corrected chi connectivity index (χ0v) is 14.1. The SMILES string of the molecule is Cc1ncc(CN2CCc3nc(-c4ccccc4)ncc3C2)n1C. The summed E-state index contributed by atoms with van der Waals surface area (Å²) in [7, 11) is 2.07. The molecular weight excluding hydrogens is 298 g/mol. The minimum Gasteiger partial charge on any atom is -0.334 e. The zero-order valence-electron chi connectivity index (χ0n) is 14.1. The van der Waals surface area contributed by atoms with Gasteiger partial charge in [-0.2, -0.15) is 0 Å². The molecule has 0 amide bonds. The Morgan fingerprint density at radius 2 is 1.92 bits per heavy atom. The van der Waals surface area contributed by atoms with E-state index in [0.29, 0.717) is 0 Å². The summed E-state index contributed by atoms with van der Waals surface area (Å²) >= 11 is 0. The topological polar surface area (TPSA) is 46.8 Å². The largest absolute Gasteiger partial charge is 0.334 e. The molecule has 1 aliphatic heterocycles. The molecule has 3 heterocycles. The normalized spacial score (nSPS) is 14.6. The molecule has 0 fully saturated rings. The number of hydrogen-bond acceptors (Lipinski definition) is 4. The Kier molecular flexibility index (Phi) is 3.86. The highest BCUT2D eigenvalue weighted by atomic mass is 15.2. The maximum absolute atomic E-state index is 4.79. The lowest BCUT2D eigenvalue weighted by atomic mass is 10.1. The van der Waals surface area contributed by atoms with Crippen LogP contribution in [0.5, 0.6) is 0 Å². The Morgan fingerprint density at radius 1 is 1.08 bits per heavy atom. The van der Waals surface area contributed by atoms with Crippen LogP contribution in [-0.4, -0.2) is 31.0 Å². The van der Waals surface area contributed by atoms with E-state index >= 15 is 0 Å². The van der Waals surface area contributed by atoms with Gasteiger partial charge in [-0.25, -0.2) is 15.0 Å². The first-order valence-electron chi connectivity index (χ1n) is 8.30. The molecular formula is C19H21N5. The van der Waals surface area contributed by atoms with Gasteiger partial charge in [0.25, 0.3) is 0 Å². The lowest BCUT2D eigenvalue weighted by molar-refractivity contribution is 0.237. The van der Waals surface area contributed by atoms with Crippen LogP contribution in [0.3, 0.4) is 0 Å².